The number of rotatable bonds is 2. The lowest BCUT2D eigenvalue weighted by molar-refractivity contribution is -0.116. The number of carbonyl (C=O) groups excluding carboxylic acids is 1. The lowest BCUT2D eigenvalue weighted by Crippen LogP contribution is -2.15. The molecule has 0 fully saturated rings. The molecule has 94 valence electrons. The summed E-state index contributed by atoms with van der Waals surface area (Å²) in [5.41, 5.74) is 3.47. The molecule has 2 aromatic carbocycles. The van der Waals surface area contributed by atoms with Gasteiger partial charge in [-0.2, -0.15) is 0 Å². The molecule has 0 saturated carbocycles. The van der Waals surface area contributed by atoms with Crippen LogP contribution in [0.25, 0.3) is 5.57 Å². The smallest absolute Gasteiger partial charge is 0.163 e. The number of ketones is 1. The Hall–Kier alpha value is -2.15. The molecule has 0 saturated heterocycles. The first kappa shape index (κ1) is 11.9. The third-order valence-corrected chi connectivity index (χ3v) is 3.71. The molecule has 0 amide bonds. The predicted molar refractivity (Wildman–Crippen MR) is 77.8 cm³/mol. The van der Waals surface area contributed by atoms with Crippen molar-refractivity contribution in [1.29, 1.82) is 0 Å². The molecule has 0 heterocycles. The van der Waals surface area contributed by atoms with Crippen LogP contribution < -0.4 is 0 Å². The third-order valence-electron chi connectivity index (χ3n) is 3.71. The van der Waals surface area contributed by atoms with Crippen LogP contribution in [-0.2, 0) is 4.79 Å². The van der Waals surface area contributed by atoms with Crippen molar-refractivity contribution >= 4 is 11.4 Å². The van der Waals surface area contributed by atoms with Gasteiger partial charge < -0.3 is 0 Å². The highest BCUT2D eigenvalue weighted by molar-refractivity contribution is 6.02. The number of hydrogen-bond donors (Lipinski definition) is 0. The maximum atomic E-state index is 12.3. The van der Waals surface area contributed by atoms with Gasteiger partial charge in [-0.3, -0.25) is 4.79 Å². The van der Waals surface area contributed by atoms with Gasteiger partial charge in [0.05, 0.1) is 0 Å². The van der Waals surface area contributed by atoms with E-state index in [0.29, 0.717) is 0 Å². The first-order valence-corrected chi connectivity index (χ1v) is 6.69. The Morgan fingerprint density at radius 2 is 1.47 bits per heavy atom. The molecular weight excluding hydrogens is 232 g/mol. The first-order chi connectivity index (χ1) is 9.34. The summed E-state index contributed by atoms with van der Waals surface area (Å²) in [4.78, 5) is 12.3. The first-order valence-electron chi connectivity index (χ1n) is 6.69. The van der Waals surface area contributed by atoms with Crippen molar-refractivity contribution in [3.63, 3.8) is 0 Å². The van der Waals surface area contributed by atoms with Crippen molar-refractivity contribution < 1.29 is 4.79 Å². The summed E-state index contributed by atoms with van der Waals surface area (Å²) in [7, 11) is 0. The van der Waals surface area contributed by atoms with E-state index in [1.807, 2.05) is 54.6 Å². The normalized spacial score (nSPS) is 19.1. The Bertz CT molecular complexity index is 596. The minimum atomic E-state index is 0.0358. The van der Waals surface area contributed by atoms with Crippen LogP contribution in [0.1, 0.15) is 29.9 Å². The largest absolute Gasteiger partial charge is 0.294 e. The van der Waals surface area contributed by atoms with Gasteiger partial charge in [-0.15, -0.1) is 0 Å². The molecule has 1 heteroatoms. The minimum Gasteiger partial charge on any atom is -0.294 e. The second-order valence-electron chi connectivity index (χ2n) is 4.94. The molecule has 1 aliphatic carbocycles. The van der Waals surface area contributed by atoms with E-state index in [1.165, 1.54) is 5.56 Å². The standard InChI is InChI=1S/C18H16O/c19-18-13-16(14-7-3-1-4-8-14)11-12-17(18)15-9-5-2-6-10-15/h1-10,13,17H,11-12H2. The summed E-state index contributed by atoms with van der Waals surface area (Å²) in [5, 5.41) is 0. The van der Waals surface area contributed by atoms with Gasteiger partial charge in [0.15, 0.2) is 5.78 Å². The molecule has 0 spiro atoms. The summed E-state index contributed by atoms with van der Waals surface area (Å²) < 4.78 is 0. The second-order valence-corrected chi connectivity index (χ2v) is 4.94. The van der Waals surface area contributed by atoms with Crippen molar-refractivity contribution in [3.05, 3.63) is 77.9 Å². The van der Waals surface area contributed by atoms with E-state index >= 15 is 0 Å². The summed E-state index contributed by atoms with van der Waals surface area (Å²) in [6, 6.07) is 20.3. The van der Waals surface area contributed by atoms with Gasteiger partial charge in [-0.1, -0.05) is 60.7 Å². The van der Waals surface area contributed by atoms with E-state index in [9.17, 15) is 4.79 Å². The molecule has 1 nitrogen and oxygen atoms in total. The maximum Gasteiger partial charge on any atom is 0.163 e. The van der Waals surface area contributed by atoms with Crippen LogP contribution in [0.5, 0.6) is 0 Å². The lowest BCUT2D eigenvalue weighted by Gasteiger charge is -2.21. The molecule has 1 atom stereocenters. The topological polar surface area (TPSA) is 17.1 Å². The summed E-state index contributed by atoms with van der Waals surface area (Å²) in [5.74, 6) is 0.268. The average molecular weight is 248 g/mol. The van der Waals surface area contributed by atoms with Crippen LogP contribution in [0.3, 0.4) is 0 Å². The second kappa shape index (κ2) is 5.23. The van der Waals surface area contributed by atoms with Gasteiger partial charge in [-0.05, 0) is 35.6 Å². The molecule has 0 aromatic heterocycles. The van der Waals surface area contributed by atoms with Crippen molar-refractivity contribution in [3.8, 4) is 0 Å². The van der Waals surface area contributed by atoms with Crippen molar-refractivity contribution in [1.82, 2.24) is 0 Å². The highest BCUT2D eigenvalue weighted by Gasteiger charge is 2.24. The molecule has 0 radical (unpaired) electrons. The maximum absolute atomic E-state index is 12.3. The fraction of sp³-hybridized carbons (Fsp3) is 0.167. The zero-order valence-electron chi connectivity index (χ0n) is 10.8. The Morgan fingerprint density at radius 3 is 2.11 bits per heavy atom. The minimum absolute atomic E-state index is 0.0358. The highest BCUT2D eigenvalue weighted by Crippen LogP contribution is 2.33. The molecule has 0 N–H and O–H groups in total. The lowest BCUT2D eigenvalue weighted by atomic mass is 9.82. The highest BCUT2D eigenvalue weighted by atomic mass is 16.1. The van der Waals surface area contributed by atoms with Gasteiger partial charge in [0.2, 0.25) is 0 Å². The van der Waals surface area contributed by atoms with Crippen LogP contribution in [0, 0.1) is 0 Å². The zero-order chi connectivity index (χ0) is 13.1. The fourth-order valence-corrected chi connectivity index (χ4v) is 2.68. The molecule has 1 aliphatic rings. The monoisotopic (exact) mass is 248 g/mol. The van der Waals surface area contributed by atoms with Gasteiger partial charge in [-0.25, -0.2) is 0 Å². The van der Waals surface area contributed by atoms with Gasteiger partial charge >= 0.3 is 0 Å². The Labute approximate surface area is 113 Å². The summed E-state index contributed by atoms with van der Waals surface area (Å²) in [6.45, 7) is 0. The van der Waals surface area contributed by atoms with Crippen molar-refractivity contribution in [2.24, 2.45) is 0 Å². The van der Waals surface area contributed by atoms with Crippen LogP contribution in [0.4, 0.5) is 0 Å². The number of hydrogen-bond acceptors (Lipinski definition) is 1. The van der Waals surface area contributed by atoms with Crippen LogP contribution >= 0.6 is 0 Å². The zero-order valence-corrected chi connectivity index (χ0v) is 10.8. The van der Waals surface area contributed by atoms with Crippen LogP contribution in [0.2, 0.25) is 0 Å². The van der Waals surface area contributed by atoms with Crippen LogP contribution in [-0.4, -0.2) is 5.78 Å². The SMILES string of the molecule is O=C1C=C(c2ccccc2)CCC1c1ccccc1. The Kier molecular flexibility index (Phi) is 3.28. The van der Waals surface area contributed by atoms with E-state index in [-0.39, 0.29) is 11.7 Å². The molecule has 19 heavy (non-hydrogen) atoms. The van der Waals surface area contributed by atoms with Gasteiger partial charge in [0.1, 0.15) is 0 Å². The number of allylic oxidation sites excluding steroid dienone is 2. The molecule has 0 bridgehead atoms. The number of benzene rings is 2. The molecule has 1 unspecified atom stereocenters. The van der Waals surface area contributed by atoms with E-state index in [1.54, 1.807) is 0 Å². The molecule has 2 aromatic rings. The number of carbonyl (C=O) groups is 1. The molecule has 3 rings (SSSR count). The molecule has 0 aliphatic heterocycles. The quantitative estimate of drug-likeness (QED) is 0.777. The predicted octanol–water partition coefficient (Wildman–Crippen LogP) is 4.22. The van der Waals surface area contributed by atoms with Crippen molar-refractivity contribution in [2.75, 3.05) is 0 Å². The average Bonchev–Trinajstić information content (AvgIpc) is 2.49. The van der Waals surface area contributed by atoms with E-state index < -0.39 is 0 Å². The van der Waals surface area contributed by atoms with Crippen molar-refractivity contribution in [2.45, 2.75) is 18.8 Å². The molecular formula is C18H16O. The Morgan fingerprint density at radius 1 is 0.842 bits per heavy atom. The fourth-order valence-electron chi connectivity index (χ4n) is 2.68. The van der Waals surface area contributed by atoms with E-state index in [4.69, 9.17) is 0 Å². The van der Waals surface area contributed by atoms with Gasteiger partial charge in [0.25, 0.3) is 0 Å². The summed E-state index contributed by atoms with van der Waals surface area (Å²) in [6.07, 6.45) is 3.70. The third kappa shape index (κ3) is 2.50. The van der Waals surface area contributed by atoms with Crippen LogP contribution in [0.15, 0.2) is 66.7 Å². The van der Waals surface area contributed by atoms with Gasteiger partial charge in [0, 0.05) is 5.92 Å². The van der Waals surface area contributed by atoms with E-state index in [0.717, 1.165) is 24.0 Å². The summed E-state index contributed by atoms with van der Waals surface area (Å²) >= 11 is 0. The Balaban J connectivity index is 1.86. The van der Waals surface area contributed by atoms with E-state index in [2.05, 4.69) is 12.1 Å².